The summed E-state index contributed by atoms with van der Waals surface area (Å²) < 4.78 is 15.2. The molecule has 6 heteroatoms. The van der Waals surface area contributed by atoms with Crippen molar-refractivity contribution < 1.29 is 23.8 Å². The number of carbonyl (C=O) groups excluding carboxylic acids is 2. The van der Waals surface area contributed by atoms with E-state index in [0.29, 0.717) is 22.6 Å². The molecule has 19 heavy (non-hydrogen) atoms. The zero-order valence-electron chi connectivity index (χ0n) is 10.8. The number of hydrogen-bond acceptors (Lipinski definition) is 5. The van der Waals surface area contributed by atoms with E-state index in [-0.39, 0.29) is 5.57 Å². The van der Waals surface area contributed by atoms with Crippen molar-refractivity contribution >= 4 is 17.4 Å². The molecule has 0 fully saturated rings. The Morgan fingerprint density at radius 3 is 2.05 bits per heavy atom. The maximum absolute atomic E-state index is 11.8. The average molecular weight is 263 g/mol. The zero-order chi connectivity index (χ0) is 14.0. The van der Waals surface area contributed by atoms with Crippen molar-refractivity contribution in [2.24, 2.45) is 0 Å². The van der Waals surface area contributed by atoms with Crippen LogP contribution in [0.1, 0.15) is 15.9 Å². The highest BCUT2D eigenvalue weighted by Crippen LogP contribution is 2.35. The van der Waals surface area contributed by atoms with E-state index in [1.54, 1.807) is 6.07 Å². The quantitative estimate of drug-likeness (QED) is 0.499. The molecule has 1 aromatic rings. The van der Waals surface area contributed by atoms with Gasteiger partial charge in [-0.2, -0.15) is 0 Å². The topological polar surface area (TPSA) is 73.9 Å². The van der Waals surface area contributed by atoms with Gasteiger partial charge in [-0.25, -0.2) is 0 Å². The molecule has 2 rings (SSSR count). The van der Waals surface area contributed by atoms with Gasteiger partial charge in [0.05, 0.1) is 38.7 Å². The predicted molar refractivity (Wildman–Crippen MR) is 67.0 cm³/mol. The van der Waals surface area contributed by atoms with Gasteiger partial charge in [0.15, 0.2) is 11.5 Å². The van der Waals surface area contributed by atoms with Gasteiger partial charge in [-0.15, -0.1) is 0 Å². The second-order valence-electron chi connectivity index (χ2n) is 3.80. The average Bonchev–Trinajstić information content (AvgIpc) is 2.42. The van der Waals surface area contributed by atoms with E-state index in [4.69, 9.17) is 14.2 Å². The van der Waals surface area contributed by atoms with Crippen LogP contribution in [-0.4, -0.2) is 33.1 Å². The van der Waals surface area contributed by atoms with Gasteiger partial charge >= 0.3 is 0 Å². The minimum absolute atomic E-state index is 0.262. The summed E-state index contributed by atoms with van der Waals surface area (Å²) in [6, 6.07) is 3.11. The predicted octanol–water partition coefficient (Wildman–Crippen LogP) is 0.961. The molecule has 0 aliphatic carbocycles. The normalized spacial score (nSPS) is 15.8. The van der Waals surface area contributed by atoms with Gasteiger partial charge < -0.3 is 14.2 Å². The number of benzene rings is 1. The lowest BCUT2D eigenvalue weighted by Crippen LogP contribution is -2.36. The largest absolute Gasteiger partial charge is 0.504 e. The molecule has 0 saturated carbocycles. The molecule has 1 aliphatic rings. The minimum atomic E-state index is -0.508. The summed E-state index contributed by atoms with van der Waals surface area (Å²) in [4.78, 5) is 23.6. The number of hydrogen-bond donors (Lipinski definition) is 1. The molecule has 0 bridgehead atoms. The van der Waals surface area contributed by atoms with Crippen LogP contribution in [0.15, 0.2) is 18.4 Å². The van der Waals surface area contributed by atoms with Crippen molar-refractivity contribution in [3.05, 3.63) is 29.5 Å². The summed E-state index contributed by atoms with van der Waals surface area (Å²) in [5.74, 6) is -0.131. The van der Waals surface area contributed by atoms with Crippen molar-refractivity contribution in [3.8, 4) is 11.5 Å². The molecule has 1 aromatic carbocycles. The summed E-state index contributed by atoms with van der Waals surface area (Å²) in [6.45, 7) is 0. The van der Waals surface area contributed by atoms with E-state index < -0.39 is 11.8 Å². The van der Waals surface area contributed by atoms with Crippen LogP contribution in [0.3, 0.4) is 0 Å². The molecule has 1 N–H and O–H groups in total. The Morgan fingerprint density at radius 2 is 1.53 bits per heavy atom. The number of amides is 2. The Labute approximate surface area is 110 Å². The Hall–Kier alpha value is -2.50. The first-order valence-electron chi connectivity index (χ1n) is 5.47. The highest BCUT2D eigenvalue weighted by molar-refractivity contribution is 6.31. The lowest BCUT2D eigenvalue weighted by atomic mass is 9.95. The van der Waals surface area contributed by atoms with Gasteiger partial charge in [0.25, 0.3) is 11.8 Å². The van der Waals surface area contributed by atoms with Gasteiger partial charge in [0, 0.05) is 5.56 Å². The monoisotopic (exact) mass is 263 g/mol. The van der Waals surface area contributed by atoms with Crippen LogP contribution in [-0.2, 0) is 9.53 Å². The first-order valence-corrected chi connectivity index (χ1v) is 5.47. The molecule has 0 radical (unpaired) electrons. The highest BCUT2D eigenvalue weighted by atomic mass is 16.5. The SMILES string of the molecule is CO/C=C1/C(=O)NC(=O)c2cc(OC)c(OC)cc21. The smallest absolute Gasteiger partial charge is 0.261 e. The molecule has 1 aliphatic heterocycles. The standard InChI is InChI=1S/C13H13NO5/c1-17-6-9-7-4-10(18-2)11(19-3)5-8(7)12(15)14-13(9)16/h4-6H,1-3H3,(H,14,15,16)/b9-6+. The molecule has 6 nitrogen and oxygen atoms in total. The fourth-order valence-electron chi connectivity index (χ4n) is 1.88. The molecule has 0 spiro atoms. The fourth-order valence-corrected chi connectivity index (χ4v) is 1.88. The lowest BCUT2D eigenvalue weighted by Gasteiger charge is -2.20. The molecule has 1 heterocycles. The summed E-state index contributed by atoms with van der Waals surface area (Å²) >= 11 is 0. The van der Waals surface area contributed by atoms with E-state index in [0.717, 1.165) is 0 Å². The van der Waals surface area contributed by atoms with Crippen LogP contribution in [0.5, 0.6) is 11.5 Å². The van der Waals surface area contributed by atoms with Crippen molar-refractivity contribution in [1.82, 2.24) is 5.32 Å². The minimum Gasteiger partial charge on any atom is -0.504 e. The van der Waals surface area contributed by atoms with Gasteiger partial charge in [0.2, 0.25) is 0 Å². The third-order valence-corrected chi connectivity index (χ3v) is 2.77. The zero-order valence-corrected chi connectivity index (χ0v) is 10.8. The van der Waals surface area contributed by atoms with Gasteiger partial charge in [0.1, 0.15) is 0 Å². The summed E-state index contributed by atoms with van der Waals surface area (Å²) in [7, 11) is 4.38. The van der Waals surface area contributed by atoms with Crippen LogP contribution in [0.25, 0.3) is 5.57 Å². The van der Waals surface area contributed by atoms with Crippen molar-refractivity contribution in [2.75, 3.05) is 21.3 Å². The summed E-state index contributed by atoms with van der Waals surface area (Å²) in [6.07, 6.45) is 1.28. The number of rotatable bonds is 3. The maximum atomic E-state index is 11.8. The third kappa shape index (κ3) is 2.12. The number of carbonyl (C=O) groups is 2. The second-order valence-corrected chi connectivity index (χ2v) is 3.80. The van der Waals surface area contributed by atoms with E-state index in [1.807, 2.05) is 0 Å². The Kier molecular flexibility index (Phi) is 3.41. The maximum Gasteiger partial charge on any atom is 0.261 e. The Bertz CT molecular complexity index is 577. The highest BCUT2D eigenvalue weighted by Gasteiger charge is 2.29. The molecule has 0 atom stereocenters. The number of methoxy groups -OCH3 is 3. The number of ether oxygens (including phenoxy) is 3. The molecule has 100 valence electrons. The van der Waals surface area contributed by atoms with Crippen molar-refractivity contribution in [1.29, 1.82) is 0 Å². The van der Waals surface area contributed by atoms with Gasteiger partial charge in [-0.3, -0.25) is 14.9 Å². The molecule has 2 amide bonds. The second kappa shape index (κ2) is 5.01. The first-order chi connectivity index (χ1) is 9.12. The fraction of sp³-hybridized carbons (Fsp3) is 0.231. The Balaban J connectivity index is 2.68. The van der Waals surface area contributed by atoms with Crippen LogP contribution in [0.4, 0.5) is 0 Å². The molecule has 0 unspecified atom stereocenters. The van der Waals surface area contributed by atoms with Crippen LogP contribution in [0.2, 0.25) is 0 Å². The van der Waals surface area contributed by atoms with E-state index in [2.05, 4.69) is 5.32 Å². The van der Waals surface area contributed by atoms with E-state index in [9.17, 15) is 9.59 Å². The molecular formula is C13H13NO5. The summed E-state index contributed by atoms with van der Waals surface area (Å²) in [5.41, 5.74) is 1.05. The molecule has 0 saturated heterocycles. The number of fused-ring (bicyclic) bond motifs is 1. The number of nitrogens with one attached hydrogen (secondary N) is 1. The van der Waals surface area contributed by atoms with Gasteiger partial charge in [-0.05, 0) is 12.1 Å². The molecule has 0 aromatic heterocycles. The van der Waals surface area contributed by atoms with Crippen molar-refractivity contribution in [3.63, 3.8) is 0 Å². The van der Waals surface area contributed by atoms with Crippen LogP contribution in [0, 0.1) is 0 Å². The van der Waals surface area contributed by atoms with Crippen molar-refractivity contribution in [2.45, 2.75) is 0 Å². The van der Waals surface area contributed by atoms with Gasteiger partial charge in [-0.1, -0.05) is 0 Å². The van der Waals surface area contributed by atoms with E-state index in [1.165, 1.54) is 33.7 Å². The molecular weight excluding hydrogens is 250 g/mol. The van der Waals surface area contributed by atoms with Crippen LogP contribution >= 0.6 is 0 Å². The first kappa shape index (κ1) is 12.9. The van der Waals surface area contributed by atoms with Crippen LogP contribution < -0.4 is 14.8 Å². The third-order valence-electron chi connectivity index (χ3n) is 2.77. The summed E-state index contributed by atoms with van der Waals surface area (Å²) in [5, 5.41) is 2.24. The number of imide groups is 1. The van der Waals surface area contributed by atoms with E-state index >= 15 is 0 Å². The Morgan fingerprint density at radius 1 is 0.947 bits per heavy atom. The lowest BCUT2D eigenvalue weighted by molar-refractivity contribution is -0.114.